The van der Waals surface area contributed by atoms with Crippen LogP contribution in [0.2, 0.25) is 10.0 Å². The maximum Gasteiger partial charge on any atom is 0.274 e. The summed E-state index contributed by atoms with van der Waals surface area (Å²) in [5.74, 6) is -0.299. The van der Waals surface area contributed by atoms with Crippen LogP contribution in [0.15, 0.2) is 70.6 Å². The van der Waals surface area contributed by atoms with E-state index in [4.69, 9.17) is 32.9 Å². The van der Waals surface area contributed by atoms with Gasteiger partial charge in [0.25, 0.3) is 5.91 Å². The zero-order valence-electron chi connectivity index (χ0n) is 22.0. The number of nitriles is 1. The number of morpholine rings is 1. The summed E-state index contributed by atoms with van der Waals surface area (Å²) in [5.41, 5.74) is 5.13. The normalized spacial score (nSPS) is 17.5. The van der Waals surface area contributed by atoms with Crippen molar-refractivity contribution in [2.75, 3.05) is 48.5 Å². The molecule has 40 heavy (non-hydrogen) atoms. The Kier molecular flexibility index (Phi) is 8.21. The van der Waals surface area contributed by atoms with Crippen molar-refractivity contribution in [3.05, 3.63) is 87.4 Å². The number of rotatable bonds is 4. The average Bonchev–Trinajstić information content (AvgIpc) is 3.05. The van der Waals surface area contributed by atoms with Crippen molar-refractivity contribution in [2.45, 2.75) is 13.1 Å². The highest BCUT2D eigenvalue weighted by molar-refractivity contribution is 6.37. The van der Waals surface area contributed by atoms with E-state index in [1.54, 1.807) is 31.3 Å². The van der Waals surface area contributed by atoms with E-state index in [-0.39, 0.29) is 11.9 Å². The van der Waals surface area contributed by atoms with Crippen LogP contribution in [-0.4, -0.2) is 57.1 Å². The smallest absolute Gasteiger partial charge is 0.274 e. The van der Waals surface area contributed by atoms with E-state index in [2.05, 4.69) is 26.6 Å². The van der Waals surface area contributed by atoms with Gasteiger partial charge in [0.05, 0.1) is 24.6 Å². The molecule has 5 rings (SSSR count). The van der Waals surface area contributed by atoms with Crippen molar-refractivity contribution in [2.24, 2.45) is 9.98 Å². The highest BCUT2D eigenvalue weighted by Gasteiger charge is 2.31. The molecular weight excluding hydrogens is 549 g/mol. The molecule has 9 nitrogen and oxygen atoms in total. The molecule has 0 saturated carbocycles. The van der Waals surface area contributed by atoms with Crippen molar-refractivity contribution in [3.8, 4) is 6.19 Å². The lowest BCUT2D eigenvalue weighted by molar-refractivity contribution is -0.119. The predicted octanol–water partition coefficient (Wildman–Crippen LogP) is 4.82. The molecule has 0 radical (unpaired) electrons. The number of nitrogens with zero attached hydrogens (tertiary/aromatic N) is 5. The second-order valence-corrected chi connectivity index (χ2v) is 10.2. The third kappa shape index (κ3) is 5.75. The Morgan fingerprint density at radius 2 is 1.88 bits per heavy atom. The van der Waals surface area contributed by atoms with Gasteiger partial charge >= 0.3 is 0 Å². The van der Waals surface area contributed by atoms with Gasteiger partial charge in [0.2, 0.25) is 12.1 Å². The van der Waals surface area contributed by atoms with Crippen LogP contribution in [0.1, 0.15) is 16.7 Å². The van der Waals surface area contributed by atoms with Crippen LogP contribution in [0, 0.1) is 18.4 Å². The largest absolute Gasteiger partial charge is 0.378 e. The number of aliphatic imine (C=N–C) groups is 2. The van der Waals surface area contributed by atoms with E-state index in [1.807, 2.05) is 43.4 Å². The van der Waals surface area contributed by atoms with Crippen LogP contribution in [-0.2, 0) is 9.53 Å². The number of likely N-dealkylation sites (N-methyl/N-ethyl adjacent to an activating group) is 1. The molecule has 204 valence electrons. The van der Waals surface area contributed by atoms with Crippen LogP contribution in [0.25, 0.3) is 0 Å². The Morgan fingerprint density at radius 1 is 1.10 bits per heavy atom. The summed E-state index contributed by atoms with van der Waals surface area (Å²) in [6.07, 6.45) is 0.692. The number of hydrogen-bond acceptors (Lipinski definition) is 6. The minimum absolute atomic E-state index is 0.0859. The summed E-state index contributed by atoms with van der Waals surface area (Å²) in [6.45, 7) is 5.00. The second-order valence-electron chi connectivity index (χ2n) is 9.33. The molecule has 0 aliphatic carbocycles. The van der Waals surface area contributed by atoms with E-state index < -0.39 is 6.17 Å². The van der Waals surface area contributed by atoms with Crippen LogP contribution in [0.3, 0.4) is 0 Å². The molecule has 1 amide bonds. The SMILES string of the molecule is Cc1cc(N2CCOCC2)ccc1N/C(=N/C1N=C(c2ccccc2Cl)c2cc(Cl)ccc2N(C)C1=O)NC#N. The van der Waals surface area contributed by atoms with Gasteiger partial charge in [0.1, 0.15) is 0 Å². The lowest BCUT2D eigenvalue weighted by atomic mass is 10.00. The third-order valence-corrected chi connectivity index (χ3v) is 7.34. The van der Waals surface area contributed by atoms with Crippen molar-refractivity contribution in [1.29, 1.82) is 5.26 Å². The molecule has 1 fully saturated rings. The molecule has 2 N–H and O–H groups in total. The average molecular weight is 576 g/mol. The van der Waals surface area contributed by atoms with Crippen LogP contribution >= 0.6 is 23.2 Å². The Bertz CT molecular complexity index is 1540. The number of benzene rings is 3. The molecule has 1 unspecified atom stereocenters. The maximum atomic E-state index is 13.6. The predicted molar refractivity (Wildman–Crippen MR) is 160 cm³/mol. The zero-order chi connectivity index (χ0) is 28.2. The van der Waals surface area contributed by atoms with Crippen LogP contribution in [0.4, 0.5) is 17.1 Å². The van der Waals surface area contributed by atoms with Gasteiger partial charge in [0.15, 0.2) is 6.19 Å². The number of carbonyl (C=O) groups is 1. The standard InChI is InChI=1S/C29H27Cl2N7O2/c1-18-15-20(38-11-13-40-14-12-38)8-9-24(18)34-29(33-17-32)36-27-28(39)37(2)25-10-7-19(30)16-22(25)26(35-27)21-5-3-4-6-23(21)31/h3-10,15-16,27H,11-14H2,1-2H3,(H2,33,34,36). The molecule has 1 atom stereocenters. The minimum Gasteiger partial charge on any atom is -0.378 e. The monoisotopic (exact) mass is 575 g/mol. The molecular formula is C29H27Cl2N7O2. The van der Waals surface area contributed by atoms with E-state index in [0.717, 1.165) is 30.0 Å². The maximum absolute atomic E-state index is 13.6. The molecule has 2 aliphatic heterocycles. The van der Waals surface area contributed by atoms with E-state index in [0.29, 0.717) is 45.8 Å². The van der Waals surface area contributed by atoms with E-state index in [1.165, 1.54) is 4.90 Å². The van der Waals surface area contributed by atoms with Gasteiger partial charge in [-0.25, -0.2) is 9.98 Å². The topological polar surface area (TPSA) is 105 Å². The van der Waals surface area contributed by atoms with Gasteiger partial charge in [-0.05, 0) is 55.0 Å². The molecule has 3 aromatic carbocycles. The molecule has 1 saturated heterocycles. The Labute approximate surface area is 242 Å². The number of anilines is 3. The summed E-state index contributed by atoms with van der Waals surface area (Å²) in [5, 5.41) is 16.2. The Morgan fingerprint density at radius 3 is 2.60 bits per heavy atom. The van der Waals surface area contributed by atoms with E-state index >= 15 is 0 Å². The molecule has 2 heterocycles. The fourth-order valence-electron chi connectivity index (χ4n) is 4.69. The summed E-state index contributed by atoms with van der Waals surface area (Å²) in [6, 6.07) is 18.5. The Balaban J connectivity index is 1.54. The van der Waals surface area contributed by atoms with Crippen LogP contribution < -0.4 is 20.4 Å². The summed E-state index contributed by atoms with van der Waals surface area (Å²) in [7, 11) is 1.65. The van der Waals surface area contributed by atoms with Crippen molar-refractivity contribution in [1.82, 2.24) is 5.32 Å². The van der Waals surface area contributed by atoms with Gasteiger partial charge in [-0.2, -0.15) is 5.26 Å². The third-order valence-electron chi connectivity index (χ3n) is 6.77. The highest BCUT2D eigenvalue weighted by atomic mass is 35.5. The second kappa shape index (κ2) is 12.0. The first-order chi connectivity index (χ1) is 19.4. The highest BCUT2D eigenvalue weighted by Crippen LogP contribution is 2.32. The van der Waals surface area contributed by atoms with E-state index in [9.17, 15) is 10.1 Å². The first-order valence-electron chi connectivity index (χ1n) is 12.7. The van der Waals surface area contributed by atoms with Gasteiger partial charge in [-0.1, -0.05) is 41.4 Å². The minimum atomic E-state index is -1.21. The number of nitrogens with one attached hydrogen (secondary N) is 2. The fraction of sp³-hybridized carbons (Fsp3) is 0.241. The molecule has 11 heteroatoms. The van der Waals surface area contributed by atoms with Gasteiger partial charge in [-0.15, -0.1) is 0 Å². The number of hydrogen-bond donors (Lipinski definition) is 2. The molecule has 0 spiro atoms. The Hall–Kier alpha value is -4.10. The first kappa shape index (κ1) is 27.5. The van der Waals surface area contributed by atoms with Gasteiger partial charge in [0, 0.05) is 52.7 Å². The molecule has 3 aromatic rings. The molecule has 2 aliphatic rings. The number of ether oxygens (including phenoxy) is 1. The quantitative estimate of drug-likeness (QED) is 0.200. The lowest BCUT2D eigenvalue weighted by Gasteiger charge is -2.29. The van der Waals surface area contributed by atoms with Gasteiger partial charge < -0.3 is 19.9 Å². The molecule has 0 bridgehead atoms. The number of halogens is 2. The molecule has 0 aromatic heterocycles. The summed E-state index contributed by atoms with van der Waals surface area (Å²) < 4.78 is 5.46. The van der Waals surface area contributed by atoms with Crippen molar-refractivity contribution >= 4 is 57.8 Å². The number of carbonyl (C=O) groups excluding carboxylic acids is 1. The first-order valence-corrected chi connectivity index (χ1v) is 13.4. The van der Waals surface area contributed by atoms with Crippen LogP contribution in [0.5, 0.6) is 0 Å². The number of amides is 1. The van der Waals surface area contributed by atoms with Crippen molar-refractivity contribution < 1.29 is 9.53 Å². The number of benzodiazepines with no additional fused rings is 1. The summed E-state index contributed by atoms with van der Waals surface area (Å²) in [4.78, 5) is 26.7. The fourth-order valence-corrected chi connectivity index (χ4v) is 5.08. The van der Waals surface area contributed by atoms with Gasteiger partial charge in [-0.3, -0.25) is 10.1 Å². The lowest BCUT2D eigenvalue weighted by Crippen LogP contribution is -2.37. The zero-order valence-corrected chi connectivity index (χ0v) is 23.5. The van der Waals surface area contributed by atoms with Crippen molar-refractivity contribution in [3.63, 3.8) is 0 Å². The number of fused-ring (bicyclic) bond motifs is 1. The number of guanidine groups is 1. The number of aryl methyl sites for hydroxylation is 1. The summed E-state index contributed by atoms with van der Waals surface area (Å²) >= 11 is 12.9.